The van der Waals surface area contributed by atoms with E-state index < -0.39 is 0 Å². The molecule has 1 aliphatic rings. The van der Waals surface area contributed by atoms with Gasteiger partial charge >= 0.3 is 6.03 Å². The monoisotopic (exact) mass is 314 g/mol. The lowest BCUT2D eigenvalue weighted by Crippen LogP contribution is -2.30. The first-order chi connectivity index (χ1) is 11.2. The van der Waals surface area contributed by atoms with E-state index in [1.54, 1.807) is 24.4 Å². The van der Waals surface area contributed by atoms with E-state index >= 15 is 0 Å². The minimum atomic E-state index is -0.225. The molecule has 6 heteroatoms. The van der Waals surface area contributed by atoms with Crippen LogP contribution in [0.15, 0.2) is 42.6 Å². The highest BCUT2D eigenvalue weighted by atomic mass is 19.1. The maximum absolute atomic E-state index is 12.8. The minimum absolute atomic E-state index is 0.189. The van der Waals surface area contributed by atoms with Crippen molar-refractivity contribution in [2.45, 2.75) is 25.3 Å². The number of amides is 2. The molecule has 1 aromatic heterocycles. The number of halogens is 1. The van der Waals surface area contributed by atoms with Gasteiger partial charge in [0.1, 0.15) is 11.6 Å². The van der Waals surface area contributed by atoms with E-state index in [1.807, 2.05) is 6.07 Å². The van der Waals surface area contributed by atoms with Crippen LogP contribution in [-0.4, -0.2) is 23.6 Å². The summed E-state index contributed by atoms with van der Waals surface area (Å²) in [6, 6.07) is 10.2. The predicted molar refractivity (Wildman–Crippen MR) is 88.0 cm³/mol. The van der Waals surface area contributed by atoms with Gasteiger partial charge < -0.3 is 16.0 Å². The van der Waals surface area contributed by atoms with E-state index in [4.69, 9.17) is 0 Å². The molecular formula is C17H19FN4O. The molecule has 0 radical (unpaired) electrons. The van der Waals surface area contributed by atoms with Crippen LogP contribution in [0.5, 0.6) is 0 Å². The first-order valence-electron chi connectivity index (χ1n) is 7.71. The van der Waals surface area contributed by atoms with Crippen molar-refractivity contribution in [3.63, 3.8) is 0 Å². The molecule has 1 heterocycles. The number of nitrogens with one attached hydrogen (secondary N) is 3. The van der Waals surface area contributed by atoms with Gasteiger partial charge in [-0.25, -0.2) is 14.2 Å². The van der Waals surface area contributed by atoms with Gasteiger partial charge in [-0.2, -0.15) is 0 Å². The molecule has 0 atom stereocenters. The smallest absolute Gasteiger partial charge is 0.319 e. The number of urea groups is 1. The van der Waals surface area contributed by atoms with Crippen LogP contribution in [0.2, 0.25) is 0 Å². The van der Waals surface area contributed by atoms with Crippen LogP contribution in [0.1, 0.15) is 18.4 Å². The van der Waals surface area contributed by atoms with E-state index in [0.29, 0.717) is 18.3 Å². The standard InChI is InChI=1S/C17H19FN4O/c18-13-3-1-12(2-4-13)9-10-19-16-8-7-15(11-20-16)22-17(23)21-14-5-6-14/h1-4,7-8,11,14H,5-6,9-10H2,(H,19,20)(H2,21,22,23). The summed E-state index contributed by atoms with van der Waals surface area (Å²) in [5.74, 6) is 0.512. The van der Waals surface area contributed by atoms with Crippen LogP contribution in [0, 0.1) is 5.82 Å². The second kappa shape index (κ2) is 7.09. The Balaban J connectivity index is 1.43. The molecule has 1 aromatic carbocycles. The molecule has 0 bridgehead atoms. The fraction of sp³-hybridized carbons (Fsp3) is 0.294. The number of anilines is 2. The highest BCUT2D eigenvalue weighted by molar-refractivity contribution is 5.89. The molecule has 0 aliphatic heterocycles. The summed E-state index contributed by atoms with van der Waals surface area (Å²) in [7, 11) is 0. The summed E-state index contributed by atoms with van der Waals surface area (Å²) in [5, 5.41) is 8.80. The molecule has 1 aliphatic carbocycles. The van der Waals surface area contributed by atoms with E-state index in [9.17, 15) is 9.18 Å². The molecular weight excluding hydrogens is 295 g/mol. The van der Waals surface area contributed by atoms with E-state index in [1.165, 1.54) is 12.1 Å². The molecule has 3 rings (SSSR count). The van der Waals surface area contributed by atoms with Gasteiger partial charge in [0.25, 0.3) is 0 Å². The Bertz CT molecular complexity index is 653. The topological polar surface area (TPSA) is 66.0 Å². The van der Waals surface area contributed by atoms with Crippen LogP contribution < -0.4 is 16.0 Å². The lowest BCUT2D eigenvalue weighted by Gasteiger charge is -2.08. The Morgan fingerprint density at radius 1 is 1.17 bits per heavy atom. The molecule has 120 valence electrons. The number of aromatic nitrogens is 1. The van der Waals surface area contributed by atoms with Gasteiger partial charge in [0.15, 0.2) is 0 Å². The molecule has 2 amide bonds. The number of rotatable bonds is 6. The number of hydrogen-bond acceptors (Lipinski definition) is 3. The van der Waals surface area contributed by atoms with Gasteiger partial charge in [0.05, 0.1) is 11.9 Å². The van der Waals surface area contributed by atoms with Gasteiger partial charge in [-0.05, 0) is 49.1 Å². The maximum Gasteiger partial charge on any atom is 0.319 e. The fourth-order valence-electron chi connectivity index (χ4n) is 2.14. The van der Waals surface area contributed by atoms with Crippen LogP contribution in [0.3, 0.4) is 0 Å². The van der Waals surface area contributed by atoms with Crippen LogP contribution in [0.25, 0.3) is 0 Å². The SMILES string of the molecule is O=C(Nc1ccc(NCCc2ccc(F)cc2)nc1)NC1CC1. The van der Waals surface area contributed by atoms with Gasteiger partial charge in [0, 0.05) is 12.6 Å². The molecule has 0 spiro atoms. The molecule has 1 saturated carbocycles. The first-order valence-corrected chi connectivity index (χ1v) is 7.71. The third-order valence-electron chi connectivity index (χ3n) is 3.57. The zero-order chi connectivity index (χ0) is 16.1. The lowest BCUT2D eigenvalue weighted by atomic mass is 10.1. The van der Waals surface area contributed by atoms with Gasteiger partial charge in [0.2, 0.25) is 0 Å². The van der Waals surface area contributed by atoms with E-state index in [2.05, 4.69) is 20.9 Å². The Kier molecular flexibility index (Phi) is 4.71. The minimum Gasteiger partial charge on any atom is -0.370 e. The van der Waals surface area contributed by atoms with Crippen LogP contribution >= 0.6 is 0 Å². The first kappa shape index (κ1) is 15.3. The van der Waals surface area contributed by atoms with Crippen molar-refractivity contribution >= 4 is 17.5 Å². The van der Waals surface area contributed by atoms with Crippen molar-refractivity contribution in [3.8, 4) is 0 Å². The summed E-state index contributed by atoms with van der Waals surface area (Å²) in [6.45, 7) is 0.702. The summed E-state index contributed by atoms with van der Waals surface area (Å²) < 4.78 is 12.8. The maximum atomic E-state index is 12.8. The lowest BCUT2D eigenvalue weighted by molar-refractivity contribution is 0.251. The summed E-state index contributed by atoms with van der Waals surface area (Å²) in [5.41, 5.74) is 1.72. The number of hydrogen-bond donors (Lipinski definition) is 3. The average molecular weight is 314 g/mol. The summed E-state index contributed by atoms with van der Waals surface area (Å²) >= 11 is 0. The average Bonchev–Trinajstić information content (AvgIpc) is 3.35. The molecule has 0 unspecified atom stereocenters. The largest absolute Gasteiger partial charge is 0.370 e. The normalized spacial score (nSPS) is 13.4. The quantitative estimate of drug-likeness (QED) is 0.767. The molecule has 5 nitrogen and oxygen atoms in total. The highest BCUT2D eigenvalue weighted by Gasteiger charge is 2.23. The van der Waals surface area contributed by atoms with Gasteiger partial charge in [-0.1, -0.05) is 12.1 Å². The highest BCUT2D eigenvalue weighted by Crippen LogP contribution is 2.19. The molecule has 3 N–H and O–H groups in total. The van der Waals surface area contributed by atoms with Crippen molar-refractivity contribution in [1.29, 1.82) is 0 Å². The molecule has 1 fully saturated rings. The number of carbonyl (C=O) groups is 1. The zero-order valence-electron chi connectivity index (χ0n) is 12.7. The van der Waals surface area contributed by atoms with Crippen molar-refractivity contribution in [1.82, 2.24) is 10.3 Å². The van der Waals surface area contributed by atoms with Gasteiger partial charge in [-0.3, -0.25) is 0 Å². The van der Waals surface area contributed by atoms with Crippen molar-refractivity contribution in [2.24, 2.45) is 0 Å². The van der Waals surface area contributed by atoms with Crippen molar-refractivity contribution in [2.75, 3.05) is 17.2 Å². The van der Waals surface area contributed by atoms with Crippen molar-refractivity contribution < 1.29 is 9.18 Å². The van der Waals surface area contributed by atoms with Crippen LogP contribution in [-0.2, 0) is 6.42 Å². The van der Waals surface area contributed by atoms with E-state index in [0.717, 1.165) is 30.6 Å². The number of nitrogens with zero attached hydrogens (tertiary/aromatic N) is 1. The predicted octanol–water partition coefficient (Wildman–Crippen LogP) is 3.16. The second-order valence-electron chi connectivity index (χ2n) is 5.61. The fourth-order valence-corrected chi connectivity index (χ4v) is 2.14. The summed E-state index contributed by atoms with van der Waals surface area (Å²) in [6.07, 6.45) is 4.52. The third-order valence-corrected chi connectivity index (χ3v) is 3.57. The Hall–Kier alpha value is -2.63. The number of carbonyl (C=O) groups excluding carboxylic acids is 1. The zero-order valence-corrected chi connectivity index (χ0v) is 12.7. The van der Waals surface area contributed by atoms with Crippen molar-refractivity contribution in [3.05, 3.63) is 54.0 Å². The molecule has 23 heavy (non-hydrogen) atoms. The number of pyridine rings is 1. The van der Waals surface area contributed by atoms with Gasteiger partial charge in [-0.15, -0.1) is 0 Å². The second-order valence-corrected chi connectivity index (χ2v) is 5.61. The third kappa shape index (κ3) is 4.95. The Labute approximate surface area is 134 Å². The Morgan fingerprint density at radius 3 is 2.61 bits per heavy atom. The summed E-state index contributed by atoms with van der Waals surface area (Å²) in [4.78, 5) is 15.9. The Morgan fingerprint density at radius 2 is 1.96 bits per heavy atom. The van der Waals surface area contributed by atoms with Crippen LogP contribution in [0.4, 0.5) is 20.7 Å². The number of benzene rings is 1. The molecule has 0 saturated heterocycles. The molecule has 2 aromatic rings. The van der Waals surface area contributed by atoms with E-state index in [-0.39, 0.29) is 11.8 Å².